The summed E-state index contributed by atoms with van der Waals surface area (Å²) in [6.07, 6.45) is 8.67. The first-order chi connectivity index (χ1) is 18.7. The van der Waals surface area contributed by atoms with Crippen molar-refractivity contribution in [3.8, 4) is 22.8 Å². The molecule has 1 aromatic carbocycles. The summed E-state index contributed by atoms with van der Waals surface area (Å²) in [6.45, 7) is 4.12. The van der Waals surface area contributed by atoms with Crippen molar-refractivity contribution in [3.63, 3.8) is 0 Å². The average molecular weight is 497 g/mol. The van der Waals surface area contributed by atoms with Gasteiger partial charge in [-0.15, -0.1) is 0 Å². The lowest BCUT2D eigenvalue weighted by atomic mass is 10.1. The summed E-state index contributed by atoms with van der Waals surface area (Å²) < 4.78 is 0. The van der Waals surface area contributed by atoms with Crippen LogP contribution in [0.25, 0.3) is 22.8 Å². The van der Waals surface area contributed by atoms with Crippen LogP contribution in [0.5, 0.6) is 0 Å². The first kappa shape index (κ1) is 24.8. The largest absolute Gasteiger partial charge is 0.261 e. The predicted molar refractivity (Wildman–Crippen MR) is 155 cm³/mol. The zero-order valence-corrected chi connectivity index (χ0v) is 21.5. The van der Waals surface area contributed by atoms with E-state index < -0.39 is 0 Å². The van der Waals surface area contributed by atoms with E-state index in [1.807, 2.05) is 85.2 Å². The smallest absolute Gasteiger partial charge is 0.0889 e. The summed E-state index contributed by atoms with van der Waals surface area (Å²) in [5, 5.41) is 0. The van der Waals surface area contributed by atoms with Crippen LogP contribution >= 0.6 is 0 Å². The second-order valence-corrected chi connectivity index (χ2v) is 8.92. The molecule has 6 heteroatoms. The molecule has 6 nitrogen and oxygen atoms in total. The van der Waals surface area contributed by atoms with Crippen LogP contribution in [0.3, 0.4) is 0 Å². The maximum atomic E-state index is 4.73. The van der Waals surface area contributed by atoms with E-state index in [-0.39, 0.29) is 0 Å². The number of aryl methyl sites for hydroxylation is 2. The second kappa shape index (κ2) is 11.9. The molecule has 0 spiro atoms. The van der Waals surface area contributed by atoms with Crippen molar-refractivity contribution in [2.75, 3.05) is 0 Å². The monoisotopic (exact) mass is 496 g/mol. The van der Waals surface area contributed by atoms with Crippen molar-refractivity contribution in [2.24, 2.45) is 9.98 Å². The highest BCUT2D eigenvalue weighted by atomic mass is 14.8. The highest BCUT2D eigenvalue weighted by molar-refractivity contribution is 5.72. The lowest BCUT2D eigenvalue weighted by Gasteiger charge is -2.06. The normalized spacial score (nSPS) is 11.4. The molecule has 4 heterocycles. The summed E-state index contributed by atoms with van der Waals surface area (Å²) >= 11 is 0. The van der Waals surface area contributed by atoms with E-state index in [1.54, 1.807) is 12.4 Å². The van der Waals surface area contributed by atoms with Crippen molar-refractivity contribution in [2.45, 2.75) is 26.7 Å². The second-order valence-electron chi connectivity index (χ2n) is 8.92. The number of hydrogen-bond acceptors (Lipinski definition) is 6. The molecule has 0 bridgehead atoms. The summed E-state index contributed by atoms with van der Waals surface area (Å²) in [4.78, 5) is 27.7. The third-order valence-corrected chi connectivity index (χ3v) is 6.04. The molecule has 0 fully saturated rings. The quantitative estimate of drug-likeness (QED) is 0.215. The minimum atomic E-state index is 0.642. The molecule has 0 aliphatic carbocycles. The van der Waals surface area contributed by atoms with Gasteiger partial charge in [0.05, 0.1) is 34.2 Å². The number of nitrogens with zero attached hydrogens (tertiary/aromatic N) is 6. The Labute approximate surface area is 223 Å². The van der Waals surface area contributed by atoms with E-state index >= 15 is 0 Å². The van der Waals surface area contributed by atoms with Crippen molar-refractivity contribution >= 4 is 23.8 Å². The van der Waals surface area contributed by atoms with E-state index in [0.29, 0.717) is 12.8 Å². The Morgan fingerprint density at radius 2 is 1.00 bits per heavy atom. The van der Waals surface area contributed by atoms with Crippen LogP contribution in [0, 0.1) is 13.8 Å². The SMILES string of the molecule is Cc1cc(N=CCc2cccc(-c3ccccn3)n2)c(C)cc1N=CCc1cccc(-c2ccccn2)n1. The van der Waals surface area contributed by atoms with Crippen LogP contribution in [-0.2, 0) is 12.8 Å². The Hall–Kier alpha value is -4.84. The molecule has 5 aromatic rings. The first-order valence-corrected chi connectivity index (χ1v) is 12.6. The summed E-state index contributed by atoms with van der Waals surface area (Å²) in [6, 6.07) is 27.8. The van der Waals surface area contributed by atoms with Crippen molar-refractivity contribution in [3.05, 3.63) is 120 Å². The standard InChI is InChI=1S/C32H28N6/c1-23-21-32(36-20-16-26-10-8-14-30(38-26)28-12-4-6-18-34-28)24(2)22-31(23)35-19-15-25-9-7-13-29(37-25)27-11-3-5-17-33-27/h3-14,17-22H,15-16H2,1-2H3. The van der Waals surface area contributed by atoms with E-state index in [4.69, 9.17) is 20.0 Å². The Morgan fingerprint density at radius 1 is 0.553 bits per heavy atom. The molecule has 38 heavy (non-hydrogen) atoms. The summed E-state index contributed by atoms with van der Waals surface area (Å²) in [7, 11) is 0. The molecule has 0 atom stereocenters. The number of pyridine rings is 4. The van der Waals surface area contributed by atoms with Gasteiger partial charge in [0, 0.05) is 49.1 Å². The molecule has 0 N–H and O–H groups in total. The van der Waals surface area contributed by atoms with Crippen LogP contribution in [0.15, 0.2) is 107 Å². The maximum absolute atomic E-state index is 4.73. The van der Waals surface area contributed by atoms with Crippen molar-refractivity contribution in [1.82, 2.24) is 19.9 Å². The third-order valence-electron chi connectivity index (χ3n) is 6.04. The van der Waals surface area contributed by atoms with Gasteiger partial charge in [-0.1, -0.05) is 24.3 Å². The number of aromatic nitrogens is 4. The maximum Gasteiger partial charge on any atom is 0.0889 e. The molecule has 0 unspecified atom stereocenters. The average Bonchev–Trinajstić information content (AvgIpc) is 2.97. The van der Waals surface area contributed by atoms with Gasteiger partial charge in [-0.05, 0) is 85.6 Å². The molecular weight excluding hydrogens is 468 g/mol. The molecule has 0 aliphatic rings. The molecule has 0 aliphatic heterocycles. The molecule has 5 rings (SSSR count). The molecule has 0 amide bonds. The fraction of sp³-hybridized carbons (Fsp3) is 0.125. The number of rotatable bonds is 8. The van der Waals surface area contributed by atoms with Crippen LogP contribution < -0.4 is 0 Å². The fourth-order valence-corrected chi connectivity index (χ4v) is 4.04. The van der Waals surface area contributed by atoms with Crippen LogP contribution in [0.4, 0.5) is 11.4 Å². The Morgan fingerprint density at radius 3 is 1.42 bits per heavy atom. The van der Waals surface area contributed by atoms with Gasteiger partial charge in [-0.25, -0.2) is 0 Å². The van der Waals surface area contributed by atoms with E-state index in [0.717, 1.165) is 56.7 Å². The van der Waals surface area contributed by atoms with Gasteiger partial charge in [-0.3, -0.25) is 29.9 Å². The molecule has 4 aromatic heterocycles. The topological polar surface area (TPSA) is 76.3 Å². The Kier molecular flexibility index (Phi) is 7.80. The van der Waals surface area contributed by atoms with Crippen molar-refractivity contribution < 1.29 is 0 Å². The molecule has 0 saturated carbocycles. The van der Waals surface area contributed by atoms with E-state index in [9.17, 15) is 0 Å². The zero-order chi connectivity index (χ0) is 26.2. The van der Waals surface area contributed by atoms with Gasteiger partial charge in [0.2, 0.25) is 0 Å². The van der Waals surface area contributed by atoms with E-state index in [1.165, 1.54) is 0 Å². The minimum absolute atomic E-state index is 0.642. The van der Waals surface area contributed by atoms with Gasteiger partial charge in [0.1, 0.15) is 0 Å². The van der Waals surface area contributed by atoms with Gasteiger partial charge >= 0.3 is 0 Å². The Balaban J connectivity index is 1.24. The van der Waals surface area contributed by atoms with Crippen LogP contribution in [0.1, 0.15) is 22.5 Å². The van der Waals surface area contributed by atoms with Gasteiger partial charge in [0.15, 0.2) is 0 Å². The number of hydrogen-bond donors (Lipinski definition) is 0. The molecule has 0 saturated heterocycles. The Bertz CT molecular complexity index is 1460. The first-order valence-electron chi connectivity index (χ1n) is 12.6. The predicted octanol–water partition coefficient (Wildman–Crippen LogP) is 7.11. The molecular formula is C32H28N6. The van der Waals surface area contributed by atoms with E-state index in [2.05, 4.69) is 35.9 Å². The lowest BCUT2D eigenvalue weighted by Crippen LogP contribution is -1.94. The number of aliphatic imine (C=N–C) groups is 2. The van der Waals surface area contributed by atoms with Crippen LogP contribution in [0.2, 0.25) is 0 Å². The highest BCUT2D eigenvalue weighted by Crippen LogP contribution is 2.28. The van der Waals surface area contributed by atoms with Gasteiger partial charge in [0.25, 0.3) is 0 Å². The van der Waals surface area contributed by atoms with Gasteiger partial charge in [-0.2, -0.15) is 0 Å². The molecule has 186 valence electrons. The highest BCUT2D eigenvalue weighted by Gasteiger charge is 2.05. The molecule has 0 radical (unpaired) electrons. The zero-order valence-electron chi connectivity index (χ0n) is 21.5. The fourth-order valence-electron chi connectivity index (χ4n) is 4.04. The summed E-state index contributed by atoms with van der Waals surface area (Å²) in [5.74, 6) is 0. The lowest BCUT2D eigenvalue weighted by molar-refractivity contribution is 1.14. The summed E-state index contributed by atoms with van der Waals surface area (Å²) in [5.41, 5.74) is 9.39. The third kappa shape index (κ3) is 6.28. The van der Waals surface area contributed by atoms with Crippen LogP contribution in [-0.4, -0.2) is 32.4 Å². The minimum Gasteiger partial charge on any atom is -0.261 e. The number of benzene rings is 1. The van der Waals surface area contributed by atoms with Gasteiger partial charge < -0.3 is 0 Å². The van der Waals surface area contributed by atoms with Crippen molar-refractivity contribution in [1.29, 1.82) is 0 Å².